The average Bonchev–Trinajstić information content (AvgIpc) is 2.53. The van der Waals surface area contributed by atoms with E-state index in [2.05, 4.69) is 17.2 Å². The van der Waals surface area contributed by atoms with Gasteiger partial charge in [0.05, 0.1) is 12.1 Å². The van der Waals surface area contributed by atoms with E-state index in [1.165, 1.54) is 24.3 Å². The van der Waals surface area contributed by atoms with Crippen LogP contribution in [-0.4, -0.2) is 12.5 Å². The van der Waals surface area contributed by atoms with E-state index in [4.69, 9.17) is 0 Å². The molecule has 0 bridgehead atoms. The van der Waals surface area contributed by atoms with Crippen molar-refractivity contribution in [2.45, 2.75) is 13.1 Å². The number of aryl methyl sites for hydroxylation is 1. The van der Waals surface area contributed by atoms with Crippen LogP contribution in [0.3, 0.4) is 0 Å². The lowest BCUT2D eigenvalue weighted by molar-refractivity contribution is -0.137. The van der Waals surface area contributed by atoms with Crippen molar-refractivity contribution >= 4 is 5.91 Å². The second-order valence-corrected chi connectivity index (χ2v) is 5.02. The first-order valence-corrected chi connectivity index (χ1v) is 6.98. The molecule has 0 saturated heterocycles. The van der Waals surface area contributed by atoms with Crippen molar-refractivity contribution in [3.8, 4) is 11.8 Å². The number of alkyl halides is 3. The molecule has 0 aliphatic rings. The molecule has 0 spiro atoms. The van der Waals surface area contributed by atoms with Crippen molar-refractivity contribution in [2.24, 2.45) is 0 Å². The van der Waals surface area contributed by atoms with Gasteiger partial charge in [0.2, 0.25) is 0 Å². The Morgan fingerprint density at radius 1 is 1.17 bits per heavy atom. The van der Waals surface area contributed by atoms with E-state index in [0.29, 0.717) is 5.56 Å². The zero-order valence-corrected chi connectivity index (χ0v) is 12.7. The van der Waals surface area contributed by atoms with Gasteiger partial charge in [-0.1, -0.05) is 24.0 Å². The fourth-order valence-electron chi connectivity index (χ4n) is 1.98. The quantitative estimate of drug-likeness (QED) is 0.654. The number of halogens is 4. The third kappa shape index (κ3) is 4.59. The van der Waals surface area contributed by atoms with Gasteiger partial charge in [-0.15, -0.1) is 0 Å². The Labute approximate surface area is 136 Å². The number of nitrogens with one attached hydrogen (secondary N) is 1. The van der Waals surface area contributed by atoms with Gasteiger partial charge in [-0.05, 0) is 42.8 Å². The largest absolute Gasteiger partial charge is 0.416 e. The van der Waals surface area contributed by atoms with E-state index in [9.17, 15) is 22.4 Å². The molecule has 1 amide bonds. The molecule has 0 aromatic heterocycles. The lowest BCUT2D eigenvalue weighted by atomic mass is 10.1. The molecular formula is C18H13F4NO. The molecule has 1 N–H and O–H groups in total. The molecule has 6 heteroatoms. The third-order valence-electron chi connectivity index (χ3n) is 3.20. The van der Waals surface area contributed by atoms with Crippen molar-refractivity contribution in [1.82, 2.24) is 5.32 Å². The number of hydrogen-bond donors (Lipinski definition) is 1. The smallest absolute Gasteiger partial charge is 0.341 e. The maximum Gasteiger partial charge on any atom is 0.416 e. The third-order valence-corrected chi connectivity index (χ3v) is 3.20. The Balaban J connectivity index is 2.02. The van der Waals surface area contributed by atoms with Crippen molar-refractivity contribution in [3.05, 3.63) is 70.5 Å². The van der Waals surface area contributed by atoms with E-state index in [1.807, 2.05) is 0 Å². The summed E-state index contributed by atoms with van der Waals surface area (Å²) >= 11 is 0. The molecule has 124 valence electrons. The van der Waals surface area contributed by atoms with Gasteiger partial charge in [-0.2, -0.15) is 13.2 Å². The van der Waals surface area contributed by atoms with Crippen LogP contribution in [0.1, 0.15) is 27.0 Å². The maximum atomic E-state index is 13.2. The standard InChI is InChI=1S/C18H13F4NO/c1-12-7-8-15(19)11-16(12)17(24)23-9-3-5-13-4-2-6-14(10-13)18(20,21)22/h2,4,6-8,10-11H,9H2,1H3,(H,23,24). The van der Waals surface area contributed by atoms with E-state index in [1.54, 1.807) is 6.92 Å². The van der Waals surface area contributed by atoms with Gasteiger partial charge in [0.25, 0.3) is 5.91 Å². The zero-order valence-electron chi connectivity index (χ0n) is 12.7. The zero-order chi connectivity index (χ0) is 17.7. The molecule has 24 heavy (non-hydrogen) atoms. The van der Waals surface area contributed by atoms with Crippen LogP contribution in [0.5, 0.6) is 0 Å². The molecule has 2 rings (SSSR count). The first-order chi connectivity index (χ1) is 11.3. The first-order valence-electron chi connectivity index (χ1n) is 6.98. The van der Waals surface area contributed by atoms with Crippen LogP contribution in [0, 0.1) is 24.6 Å². The number of rotatable bonds is 2. The fourth-order valence-corrected chi connectivity index (χ4v) is 1.98. The van der Waals surface area contributed by atoms with Crippen LogP contribution >= 0.6 is 0 Å². The topological polar surface area (TPSA) is 29.1 Å². The molecular weight excluding hydrogens is 322 g/mol. The monoisotopic (exact) mass is 335 g/mol. The van der Waals surface area contributed by atoms with Gasteiger partial charge < -0.3 is 5.32 Å². The molecule has 0 saturated carbocycles. The maximum absolute atomic E-state index is 13.2. The predicted octanol–water partition coefficient (Wildman–Crippen LogP) is 3.93. The highest BCUT2D eigenvalue weighted by molar-refractivity contribution is 5.95. The van der Waals surface area contributed by atoms with Gasteiger partial charge in [-0.3, -0.25) is 4.79 Å². The Morgan fingerprint density at radius 2 is 1.92 bits per heavy atom. The summed E-state index contributed by atoms with van der Waals surface area (Å²) in [7, 11) is 0. The van der Waals surface area contributed by atoms with Gasteiger partial charge in [-0.25, -0.2) is 4.39 Å². The van der Waals surface area contributed by atoms with Crippen LogP contribution < -0.4 is 5.32 Å². The summed E-state index contributed by atoms with van der Waals surface area (Å²) < 4.78 is 50.9. The first kappa shape index (κ1) is 17.5. The van der Waals surface area contributed by atoms with Crippen LogP contribution in [0.2, 0.25) is 0 Å². The average molecular weight is 335 g/mol. The van der Waals surface area contributed by atoms with Crippen LogP contribution in [-0.2, 0) is 6.18 Å². The van der Waals surface area contributed by atoms with Crippen LogP contribution in [0.15, 0.2) is 42.5 Å². The molecule has 0 heterocycles. The molecule has 0 radical (unpaired) electrons. The normalized spacial score (nSPS) is 10.7. The van der Waals surface area contributed by atoms with Crippen molar-refractivity contribution in [1.29, 1.82) is 0 Å². The van der Waals surface area contributed by atoms with E-state index in [-0.39, 0.29) is 17.7 Å². The molecule has 0 aliphatic heterocycles. The van der Waals surface area contributed by atoms with E-state index >= 15 is 0 Å². The van der Waals surface area contributed by atoms with Crippen molar-refractivity contribution < 1.29 is 22.4 Å². The lowest BCUT2D eigenvalue weighted by Gasteiger charge is -2.06. The fraction of sp³-hybridized carbons (Fsp3) is 0.167. The summed E-state index contributed by atoms with van der Waals surface area (Å²) in [5, 5.41) is 2.48. The molecule has 2 aromatic carbocycles. The van der Waals surface area contributed by atoms with Crippen molar-refractivity contribution in [3.63, 3.8) is 0 Å². The minimum atomic E-state index is -4.43. The van der Waals surface area contributed by atoms with Crippen LogP contribution in [0.4, 0.5) is 17.6 Å². The Kier molecular flexibility index (Phi) is 5.24. The predicted molar refractivity (Wildman–Crippen MR) is 81.8 cm³/mol. The molecule has 0 unspecified atom stereocenters. The minimum Gasteiger partial charge on any atom is -0.341 e. The molecule has 0 atom stereocenters. The second-order valence-electron chi connectivity index (χ2n) is 5.02. The number of hydrogen-bond acceptors (Lipinski definition) is 1. The minimum absolute atomic E-state index is 0.0645. The SMILES string of the molecule is Cc1ccc(F)cc1C(=O)NCC#Cc1cccc(C(F)(F)F)c1. The lowest BCUT2D eigenvalue weighted by Crippen LogP contribution is -2.24. The van der Waals surface area contributed by atoms with Gasteiger partial charge >= 0.3 is 6.18 Å². The molecule has 0 aliphatic carbocycles. The summed E-state index contributed by atoms with van der Waals surface area (Å²) in [4.78, 5) is 11.9. The number of carbonyl (C=O) groups is 1. The van der Waals surface area contributed by atoms with E-state index in [0.717, 1.165) is 18.2 Å². The number of amides is 1. The van der Waals surface area contributed by atoms with Crippen molar-refractivity contribution in [2.75, 3.05) is 6.54 Å². The summed E-state index contributed by atoms with van der Waals surface area (Å²) in [5.74, 6) is 4.10. The van der Waals surface area contributed by atoms with E-state index < -0.39 is 23.5 Å². The highest BCUT2D eigenvalue weighted by Crippen LogP contribution is 2.29. The summed E-state index contributed by atoms with van der Waals surface area (Å²) in [6.45, 7) is 1.60. The van der Waals surface area contributed by atoms with Gasteiger partial charge in [0, 0.05) is 11.1 Å². The van der Waals surface area contributed by atoms with Gasteiger partial charge in [0.1, 0.15) is 5.82 Å². The molecule has 0 fully saturated rings. The summed E-state index contributed by atoms with van der Waals surface area (Å²) in [6, 6.07) is 8.45. The number of carbonyl (C=O) groups excluding carboxylic acids is 1. The summed E-state index contributed by atoms with van der Waals surface area (Å²) in [5.41, 5.74) is 0.213. The Hall–Kier alpha value is -2.81. The Bertz CT molecular complexity index is 816. The van der Waals surface area contributed by atoms with Gasteiger partial charge in [0.15, 0.2) is 0 Å². The number of benzene rings is 2. The van der Waals surface area contributed by atoms with Crippen LogP contribution in [0.25, 0.3) is 0 Å². The molecule has 2 aromatic rings. The second kappa shape index (κ2) is 7.18. The summed E-state index contributed by atoms with van der Waals surface area (Å²) in [6.07, 6.45) is -4.43. The highest BCUT2D eigenvalue weighted by Gasteiger charge is 2.30. The Morgan fingerprint density at radius 3 is 2.62 bits per heavy atom. The highest BCUT2D eigenvalue weighted by atomic mass is 19.4. The molecule has 2 nitrogen and oxygen atoms in total.